The lowest BCUT2D eigenvalue weighted by molar-refractivity contribution is -0.126. The average Bonchev–Trinajstić information content (AvgIpc) is 2.60. The number of carbonyl (C=O) groups is 1. The lowest BCUT2D eigenvalue weighted by Crippen LogP contribution is -2.37. The number of carbonyl (C=O) groups excluding carboxylic acids is 1. The predicted octanol–water partition coefficient (Wildman–Crippen LogP) is 2.95. The maximum atomic E-state index is 12.3. The van der Waals surface area contributed by atoms with E-state index in [4.69, 9.17) is 9.47 Å². The third-order valence-electron chi connectivity index (χ3n) is 3.95. The molecular weight excluding hydrogens is 290 g/mol. The summed E-state index contributed by atoms with van der Waals surface area (Å²) in [6.07, 6.45) is 0.727. The third kappa shape index (κ3) is 3.83. The van der Waals surface area contributed by atoms with Gasteiger partial charge in [-0.05, 0) is 42.7 Å². The highest BCUT2D eigenvalue weighted by Crippen LogP contribution is 2.26. The topological polar surface area (TPSA) is 47.6 Å². The molecule has 1 atom stereocenters. The summed E-state index contributed by atoms with van der Waals surface area (Å²) in [4.78, 5) is 12.3. The number of hydrogen-bond acceptors (Lipinski definition) is 3. The number of rotatable bonds is 5. The molecule has 120 valence electrons. The summed E-state index contributed by atoms with van der Waals surface area (Å²) in [6, 6.07) is 15.7. The van der Waals surface area contributed by atoms with Crippen LogP contribution in [0.2, 0.25) is 0 Å². The van der Waals surface area contributed by atoms with Gasteiger partial charge in [0, 0.05) is 6.54 Å². The second kappa shape index (κ2) is 7.18. The van der Waals surface area contributed by atoms with Gasteiger partial charge in [-0.2, -0.15) is 0 Å². The largest absolute Gasteiger partial charge is 0.494 e. The number of amides is 1. The standard InChI is InChI=1S/C19H21NO3/c1-2-22-17-9-7-14(8-10-17)12-20-19(21)16-11-15-5-3-4-6-18(15)23-13-16/h3-10,16H,2,11-13H2,1H3,(H,20,21)/t16-/m0/s1. The summed E-state index contributed by atoms with van der Waals surface area (Å²) in [5.74, 6) is 1.64. The summed E-state index contributed by atoms with van der Waals surface area (Å²) < 4.78 is 11.1. The van der Waals surface area contributed by atoms with Crippen LogP contribution in [0.15, 0.2) is 48.5 Å². The Labute approximate surface area is 136 Å². The van der Waals surface area contributed by atoms with Gasteiger partial charge in [0.05, 0.1) is 12.5 Å². The molecule has 0 spiro atoms. The van der Waals surface area contributed by atoms with Crippen molar-refractivity contribution < 1.29 is 14.3 Å². The first-order valence-electron chi connectivity index (χ1n) is 7.96. The van der Waals surface area contributed by atoms with Crippen LogP contribution in [-0.4, -0.2) is 19.1 Å². The van der Waals surface area contributed by atoms with Crippen molar-refractivity contribution in [3.63, 3.8) is 0 Å². The second-order valence-electron chi connectivity index (χ2n) is 5.61. The van der Waals surface area contributed by atoms with Crippen LogP contribution in [0, 0.1) is 5.92 Å². The first-order valence-corrected chi connectivity index (χ1v) is 7.96. The summed E-state index contributed by atoms with van der Waals surface area (Å²) >= 11 is 0. The van der Waals surface area contributed by atoms with Crippen LogP contribution < -0.4 is 14.8 Å². The van der Waals surface area contributed by atoms with Gasteiger partial charge in [0.15, 0.2) is 0 Å². The van der Waals surface area contributed by atoms with Crippen molar-refractivity contribution in [2.45, 2.75) is 19.9 Å². The first-order chi connectivity index (χ1) is 11.3. The van der Waals surface area contributed by atoms with Crippen molar-refractivity contribution in [3.8, 4) is 11.5 Å². The molecule has 23 heavy (non-hydrogen) atoms. The zero-order chi connectivity index (χ0) is 16.1. The minimum Gasteiger partial charge on any atom is -0.494 e. The van der Waals surface area contributed by atoms with E-state index in [1.807, 2.05) is 55.5 Å². The number of para-hydroxylation sites is 1. The zero-order valence-corrected chi connectivity index (χ0v) is 13.2. The molecule has 1 heterocycles. The predicted molar refractivity (Wildman–Crippen MR) is 88.6 cm³/mol. The minimum absolute atomic E-state index is 0.0355. The molecule has 0 aliphatic carbocycles. The monoisotopic (exact) mass is 311 g/mol. The molecule has 0 unspecified atom stereocenters. The van der Waals surface area contributed by atoms with E-state index < -0.39 is 0 Å². The zero-order valence-electron chi connectivity index (χ0n) is 13.2. The Morgan fingerprint density at radius 1 is 1.22 bits per heavy atom. The molecule has 0 bridgehead atoms. The van der Waals surface area contributed by atoms with Crippen LogP contribution >= 0.6 is 0 Å². The molecule has 2 aromatic rings. The average molecular weight is 311 g/mol. The summed E-state index contributed by atoms with van der Waals surface area (Å²) in [5, 5.41) is 2.99. The molecule has 1 aliphatic heterocycles. The van der Waals surface area contributed by atoms with Crippen molar-refractivity contribution in [3.05, 3.63) is 59.7 Å². The highest BCUT2D eigenvalue weighted by atomic mass is 16.5. The Bertz CT molecular complexity index is 667. The van der Waals surface area contributed by atoms with Gasteiger partial charge in [-0.1, -0.05) is 30.3 Å². The van der Waals surface area contributed by atoms with Crippen LogP contribution in [0.4, 0.5) is 0 Å². The van der Waals surface area contributed by atoms with Gasteiger partial charge < -0.3 is 14.8 Å². The Balaban J connectivity index is 1.54. The molecular formula is C19H21NO3. The molecule has 0 fully saturated rings. The van der Waals surface area contributed by atoms with Gasteiger partial charge in [-0.25, -0.2) is 0 Å². The molecule has 1 aliphatic rings. The first kappa shape index (κ1) is 15.4. The number of fused-ring (bicyclic) bond motifs is 1. The molecule has 4 nitrogen and oxygen atoms in total. The highest BCUT2D eigenvalue weighted by Gasteiger charge is 2.25. The summed E-state index contributed by atoms with van der Waals surface area (Å²) in [5.41, 5.74) is 2.15. The number of nitrogens with one attached hydrogen (secondary N) is 1. The van der Waals surface area contributed by atoms with E-state index in [9.17, 15) is 4.79 Å². The molecule has 2 aromatic carbocycles. The van der Waals surface area contributed by atoms with Crippen LogP contribution in [0.25, 0.3) is 0 Å². The maximum absolute atomic E-state index is 12.3. The van der Waals surface area contributed by atoms with Gasteiger partial charge in [-0.15, -0.1) is 0 Å². The number of ether oxygens (including phenoxy) is 2. The Hall–Kier alpha value is -2.49. The molecule has 1 amide bonds. The molecule has 0 aromatic heterocycles. The maximum Gasteiger partial charge on any atom is 0.227 e. The van der Waals surface area contributed by atoms with Crippen molar-refractivity contribution >= 4 is 5.91 Å². The second-order valence-corrected chi connectivity index (χ2v) is 5.61. The fourth-order valence-electron chi connectivity index (χ4n) is 2.70. The van der Waals surface area contributed by atoms with Crippen molar-refractivity contribution in [1.29, 1.82) is 0 Å². The van der Waals surface area contributed by atoms with E-state index in [-0.39, 0.29) is 11.8 Å². The van der Waals surface area contributed by atoms with Gasteiger partial charge in [0.1, 0.15) is 18.1 Å². The fraction of sp³-hybridized carbons (Fsp3) is 0.316. The summed E-state index contributed by atoms with van der Waals surface area (Å²) in [7, 11) is 0. The molecule has 0 saturated carbocycles. The van der Waals surface area contributed by atoms with E-state index in [2.05, 4.69) is 5.32 Å². The number of hydrogen-bond donors (Lipinski definition) is 1. The minimum atomic E-state index is -0.132. The summed E-state index contributed by atoms with van der Waals surface area (Å²) in [6.45, 7) is 3.56. The van der Waals surface area contributed by atoms with Gasteiger partial charge in [-0.3, -0.25) is 4.79 Å². The lowest BCUT2D eigenvalue weighted by atomic mass is 9.96. The SMILES string of the molecule is CCOc1ccc(CNC(=O)[C@@H]2COc3ccccc3C2)cc1. The van der Waals surface area contributed by atoms with E-state index in [0.29, 0.717) is 19.8 Å². The molecule has 0 saturated heterocycles. The highest BCUT2D eigenvalue weighted by molar-refractivity contribution is 5.79. The van der Waals surface area contributed by atoms with Gasteiger partial charge in [0.25, 0.3) is 0 Å². The van der Waals surface area contributed by atoms with E-state index in [1.54, 1.807) is 0 Å². The van der Waals surface area contributed by atoms with Crippen molar-refractivity contribution in [2.75, 3.05) is 13.2 Å². The van der Waals surface area contributed by atoms with Crippen LogP contribution in [0.3, 0.4) is 0 Å². The van der Waals surface area contributed by atoms with Crippen molar-refractivity contribution in [1.82, 2.24) is 5.32 Å². The molecule has 4 heteroatoms. The fourth-order valence-corrected chi connectivity index (χ4v) is 2.70. The Morgan fingerprint density at radius 2 is 2.00 bits per heavy atom. The van der Waals surface area contributed by atoms with Gasteiger partial charge >= 0.3 is 0 Å². The van der Waals surface area contributed by atoms with Crippen molar-refractivity contribution in [2.24, 2.45) is 5.92 Å². The van der Waals surface area contributed by atoms with Crippen LogP contribution in [-0.2, 0) is 17.8 Å². The molecule has 0 radical (unpaired) electrons. The smallest absolute Gasteiger partial charge is 0.227 e. The third-order valence-corrected chi connectivity index (χ3v) is 3.95. The molecule has 1 N–H and O–H groups in total. The quantitative estimate of drug-likeness (QED) is 0.923. The van der Waals surface area contributed by atoms with Crippen LogP contribution in [0.5, 0.6) is 11.5 Å². The molecule has 3 rings (SSSR count). The normalized spacial score (nSPS) is 16.1. The van der Waals surface area contributed by atoms with E-state index in [0.717, 1.165) is 29.0 Å². The Kier molecular flexibility index (Phi) is 4.81. The number of benzene rings is 2. The lowest BCUT2D eigenvalue weighted by Gasteiger charge is -2.24. The van der Waals surface area contributed by atoms with Gasteiger partial charge in [0.2, 0.25) is 5.91 Å². The van der Waals surface area contributed by atoms with E-state index >= 15 is 0 Å². The van der Waals surface area contributed by atoms with E-state index in [1.165, 1.54) is 0 Å². The van der Waals surface area contributed by atoms with Crippen LogP contribution in [0.1, 0.15) is 18.1 Å². The Morgan fingerprint density at radius 3 is 2.78 bits per heavy atom.